The van der Waals surface area contributed by atoms with Crippen molar-refractivity contribution in [3.8, 4) is 5.75 Å². The van der Waals surface area contributed by atoms with Crippen LogP contribution in [0.4, 0.5) is 11.4 Å². The van der Waals surface area contributed by atoms with Crippen LogP contribution in [0.5, 0.6) is 5.75 Å². The molecule has 1 aliphatic rings. The monoisotopic (exact) mass is 310 g/mol. The summed E-state index contributed by atoms with van der Waals surface area (Å²) in [6, 6.07) is 12.6. The number of carbonyl (C=O) groups excluding carboxylic acids is 2. The van der Waals surface area contributed by atoms with Gasteiger partial charge in [0.15, 0.2) is 6.10 Å². The van der Waals surface area contributed by atoms with Gasteiger partial charge in [-0.1, -0.05) is 17.7 Å². The van der Waals surface area contributed by atoms with Gasteiger partial charge in [0.05, 0.1) is 5.69 Å². The lowest BCUT2D eigenvalue weighted by Crippen LogP contribution is -2.41. The number of aryl methyl sites for hydroxylation is 1. The second-order valence-corrected chi connectivity index (χ2v) is 5.66. The molecule has 5 heteroatoms. The van der Waals surface area contributed by atoms with Crippen molar-refractivity contribution in [2.45, 2.75) is 20.0 Å². The molecule has 23 heavy (non-hydrogen) atoms. The molecule has 0 radical (unpaired) electrons. The summed E-state index contributed by atoms with van der Waals surface area (Å²) in [7, 11) is 1.71. The molecule has 0 saturated heterocycles. The molecule has 0 aromatic heterocycles. The van der Waals surface area contributed by atoms with Crippen LogP contribution in [0.2, 0.25) is 0 Å². The van der Waals surface area contributed by atoms with Crippen LogP contribution in [0.15, 0.2) is 42.5 Å². The van der Waals surface area contributed by atoms with Gasteiger partial charge in [-0.25, -0.2) is 0 Å². The number of fused-ring (bicyclic) bond motifs is 1. The van der Waals surface area contributed by atoms with Gasteiger partial charge in [-0.15, -0.1) is 0 Å². The summed E-state index contributed by atoms with van der Waals surface area (Å²) in [6.07, 6.45) is -0.532. The van der Waals surface area contributed by atoms with E-state index >= 15 is 0 Å². The highest BCUT2D eigenvalue weighted by Gasteiger charge is 2.28. The smallest absolute Gasteiger partial charge is 0.267 e. The van der Waals surface area contributed by atoms with Crippen molar-refractivity contribution in [2.24, 2.45) is 0 Å². The molecule has 0 bridgehead atoms. The van der Waals surface area contributed by atoms with Gasteiger partial charge in [0, 0.05) is 24.4 Å². The lowest BCUT2D eigenvalue weighted by atomic mass is 10.1. The number of anilines is 2. The normalized spacial score (nSPS) is 16.6. The molecule has 0 spiro atoms. The zero-order chi connectivity index (χ0) is 16.6. The largest absolute Gasteiger partial charge is 0.479 e. The maximum Gasteiger partial charge on any atom is 0.267 e. The van der Waals surface area contributed by atoms with Gasteiger partial charge in [-0.3, -0.25) is 9.59 Å². The van der Waals surface area contributed by atoms with E-state index in [4.69, 9.17) is 4.74 Å². The zero-order valence-electron chi connectivity index (χ0n) is 13.3. The first-order valence-corrected chi connectivity index (χ1v) is 7.42. The van der Waals surface area contributed by atoms with Crippen molar-refractivity contribution in [2.75, 3.05) is 17.3 Å². The van der Waals surface area contributed by atoms with Gasteiger partial charge in [-0.2, -0.15) is 0 Å². The standard InChI is InChI=1S/C18H18N2O3/c1-11-4-6-13(7-5-11)17(21)19-14-8-9-15-16(10-14)23-12(2)18(22)20(15)3/h4-10,12H,1-3H3,(H,19,21). The first-order chi connectivity index (χ1) is 11.0. The Morgan fingerprint density at radius 3 is 2.57 bits per heavy atom. The second-order valence-electron chi connectivity index (χ2n) is 5.66. The number of rotatable bonds is 2. The van der Waals surface area contributed by atoms with Crippen LogP contribution in [0.25, 0.3) is 0 Å². The van der Waals surface area contributed by atoms with Crippen LogP contribution >= 0.6 is 0 Å². The maximum absolute atomic E-state index is 12.3. The number of amides is 2. The number of hydrogen-bond acceptors (Lipinski definition) is 3. The fraction of sp³-hybridized carbons (Fsp3) is 0.222. The molecule has 1 unspecified atom stereocenters. The van der Waals surface area contributed by atoms with Crippen molar-refractivity contribution in [3.05, 3.63) is 53.6 Å². The van der Waals surface area contributed by atoms with Crippen molar-refractivity contribution >= 4 is 23.2 Å². The fourth-order valence-electron chi connectivity index (χ4n) is 2.50. The first kappa shape index (κ1) is 15.1. The molecule has 0 fully saturated rings. The van der Waals surface area contributed by atoms with E-state index in [9.17, 15) is 9.59 Å². The molecule has 2 aromatic rings. The Morgan fingerprint density at radius 1 is 1.17 bits per heavy atom. The molecule has 0 aliphatic carbocycles. The van der Waals surface area contributed by atoms with E-state index in [1.165, 1.54) is 0 Å². The van der Waals surface area contributed by atoms with Crippen LogP contribution in [0.3, 0.4) is 0 Å². The van der Waals surface area contributed by atoms with E-state index in [0.29, 0.717) is 22.7 Å². The summed E-state index contributed by atoms with van der Waals surface area (Å²) in [5, 5.41) is 2.85. The maximum atomic E-state index is 12.3. The molecule has 1 aliphatic heterocycles. The quantitative estimate of drug-likeness (QED) is 0.927. The Labute approximate surface area is 134 Å². The first-order valence-electron chi connectivity index (χ1n) is 7.42. The van der Waals surface area contributed by atoms with Crippen molar-refractivity contribution in [1.29, 1.82) is 0 Å². The third-order valence-corrected chi connectivity index (χ3v) is 3.87. The molecular weight excluding hydrogens is 292 g/mol. The van der Waals surface area contributed by atoms with Crippen LogP contribution < -0.4 is 15.0 Å². The summed E-state index contributed by atoms with van der Waals surface area (Å²) in [5.74, 6) is 0.313. The molecule has 0 saturated carbocycles. The highest BCUT2D eigenvalue weighted by Crippen LogP contribution is 2.35. The summed E-state index contributed by atoms with van der Waals surface area (Å²) in [6.45, 7) is 3.68. The summed E-state index contributed by atoms with van der Waals surface area (Å²) in [5.41, 5.74) is 3.02. The van der Waals surface area contributed by atoms with Crippen LogP contribution in [-0.2, 0) is 4.79 Å². The molecule has 1 atom stereocenters. The third kappa shape index (κ3) is 2.90. The van der Waals surface area contributed by atoms with Gasteiger partial charge in [0.1, 0.15) is 5.75 Å². The number of carbonyl (C=O) groups is 2. The second kappa shape index (κ2) is 5.76. The molecule has 3 rings (SSSR count). The van der Waals surface area contributed by atoms with Crippen LogP contribution in [-0.4, -0.2) is 25.0 Å². The van der Waals surface area contributed by atoms with Gasteiger partial charge in [0.2, 0.25) is 0 Å². The number of likely N-dealkylation sites (N-methyl/N-ethyl adjacent to an activating group) is 1. The number of ether oxygens (including phenoxy) is 1. The molecule has 1 N–H and O–H groups in total. The van der Waals surface area contributed by atoms with E-state index in [-0.39, 0.29) is 11.8 Å². The van der Waals surface area contributed by atoms with E-state index in [1.54, 1.807) is 49.2 Å². The molecular formula is C18H18N2O3. The summed E-state index contributed by atoms with van der Waals surface area (Å²) >= 11 is 0. The highest BCUT2D eigenvalue weighted by atomic mass is 16.5. The fourth-order valence-corrected chi connectivity index (χ4v) is 2.50. The lowest BCUT2D eigenvalue weighted by molar-refractivity contribution is -0.125. The van der Waals surface area contributed by atoms with Crippen LogP contribution in [0, 0.1) is 6.92 Å². The minimum absolute atomic E-state index is 0.0889. The number of hydrogen-bond donors (Lipinski definition) is 1. The molecule has 118 valence electrons. The van der Waals surface area contributed by atoms with Gasteiger partial charge >= 0.3 is 0 Å². The van der Waals surface area contributed by atoms with Gasteiger partial charge < -0.3 is 15.0 Å². The number of nitrogens with zero attached hydrogens (tertiary/aromatic N) is 1. The molecule has 2 amide bonds. The summed E-state index contributed by atoms with van der Waals surface area (Å²) in [4.78, 5) is 25.7. The van der Waals surface area contributed by atoms with Crippen molar-refractivity contribution < 1.29 is 14.3 Å². The van der Waals surface area contributed by atoms with Crippen molar-refractivity contribution in [3.63, 3.8) is 0 Å². The minimum Gasteiger partial charge on any atom is -0.479 e. The number of benzene rings is 2. The predicted molar refractivity (Wildman–Crippen MR) is 89.1 cm³/mol. The molecule has 5 nitrogen and oxygen atoms in total. The minimum atomic E-state index is -0.532. The number of nitrogens with one attached hydrogen (secondary N) is 1. The van der Waals surface area contributed by atoms with Gasteiger partial charge in [0.25, 0.3) is 11.8 Å². The summed E-state index contributed by atoms with van der Waals surface area (Å²) < 4.78 is 5.62. The average Bonchev–Trinajstić information content (AvgIpc) is 2.53. The Balaban J connectivity index is 1.82. The van der Waals surface area contributed by atoms with E-state index in [1.807, 2.05) is 19.1 Å². The lowest BCUT2D eigenvalue weighted by Gasteiger charge is -2.30. The Hall–Kier alpha value is -2.82. The Bertz CT molecular complexity index is 768. The van der Waals surface area contributed by atoms with Crippen LogP contribution in [0.1, 0.15) is 22.8 Å². The van der Waals surface area contributed by atoms with E-state index < -0.39 is 6.10 Å². The molecule has 1 heterocycles. The Morgan fingerprint density at radius 2 is 1.87 bits per heavy atom. The SMILES string of the molecule is Cc1ccc(C(=O)Nc2ccc3c(c2)OC(C)C(=O)N3C)cc1. The topological polar surface area (TPSA) is 58.6 Å². The third-order valence-electron chi connectivity index (χ3n) is 3.87. The Kier molecular flexibility index (Phi) is 3.78. The van der Waals surface area contributed by atoms with E-state index in [0.717, 1.165) is 5.56 Å². The van der Waals surface area contributed by atoms with E-state index in [2.05, 4.69) is 5.32 Å². The van der Waals surface area contributed by atoms with Gasteiger partial charge in [-0.05, 0) is 38.1 Å². The zero-order valence-corrected chi connectivity index (χ0v) is 13.3. The average molecular weight is 310 g/mol. The predicted octanol–water partition coefficient (Wildman–Crippen LogP) is 2.99. The molecule has 2 aromatic carbocycles. The highest BCUT2D eigenvalue weighted by molar-refractivity contribution is 6.05. The van der Waals surface area contributed by atoms with Crippen molar-refractivity contribution in [1.82, 2.24) is 0 Å².